The molecule has 6 nitrogen and oxygen atoms in total. The van der Waals surface area contributed by atoms with Crippen molar-refractivity contribution in [2.75, 3.05) is 0 Å². The number of hydrogen-bond acceptors (Lipinski definition) is 4. The van der Waals surface area contributed by atoms with Gasteiger partial charge in [-0.25, -0.2) is 13.1 Å². The minimum absolute atomic E-state index is 0.142. The molecule has 0 radical (unpaired) electrons. The normalized spacial score (nSPS) is 23.4. The number of aryl methyl sites for hydroxylation is 1. The number of pyridine rings is 1. The zero-order chi connectivity index (χ0) is 14.8. The minimum Gasteiger partial charge on any atom is -0.481 e. The molecule has 0 bridgehead atoms. The van der Waals surface area contributed by atoms with E-state index >= 15 is 0 Å². The van der Waals surface area contributed by atoms with Crippen molar-refractivity contribution in [2.24, 2.45) is 5.92 Å². The summed E-state index contributed by atoms with van der Waals surface area (Å²) in [5, 5.41) is 8.91. The van der Waals surface area contributed by atoms with Crippen LogP contribution in [-0.2, 0) is 14.8 Å². The second kappa shape index (κ2) is 5.88. The molecule has 1 aliphatic carbocycles. The predicted octanol–water partition coefficient (Wildman–Crippen LogP) is 1.31. The van der Waals surface area contributed by atoms with Gasteiger partial charge in [-0.2, -0.15) is 0 Å². The lowest BCUT2D eigenvalue weighted by Crippen LogP contribution is -2.38. The molecule has 0 atom stereocenters. The maximum atomic E-state index is 12.2. The van der Waals surface area contributed by atoms with Crippen molar-refractivity contribution in [3.63, 3.8) is 0 Å². The Morgan fingerprint density at radius 3 is 2.45 bits per heavy atom. The van der Waals surface area contributed by atoms with Gasteiger partial charge in [0.1, 0.15) is 4.90 Å². The van der Waals surface area contributed by atoms with E-state index in [1.165, 1.54) is 12.3 Å². The maximum absolute atomic E-state index is 12.2. The van der Waals surface area contributed by atoms with Gasteiger partial charge in [0.25, 0.3) is 0 Å². The average Bonchev–Trinajstić information content (AvgIpc) is 2.39. The van der Waals surface area contributed by atoms with Crippen LogP contribution in [0.1, 0.15) is 31.4 Å². The van der Waals surface area contributed by atoms with Gasteiger partial charge in [-0.1, -0.05) is 0 Å². The first-order valence-electron chi connectivity index (χ1n) is 6.56. The van der Waals surface area contributed by atoms with E-state index in [2.05, 4.69) is 9.71 Å². The first-order valence-corrected chi connectivity index (χ1v) is 8.04. The van der Waals surface area contributed by atoms with Crippen LogP contribution in [-0.4, -0.2) is 30.5 Å². The zero-order valence-corrected chi connectivity index (χ0v) is 12.1. The second-order valence-electron chi connectivity index (χ2n) is 5.14. The Balaban J connectivity index is 2.00. The fourth-order valence-corrected chi connectivity index (χ4v) is 3.61. The number of carboxylic acid groups (broad SMARTS) is 1. The summed E-state index contributed by atoms with van der Waals surface area (Å²) in [7, 11) is -3.57. The van der Waals surface area contributed by atoms with Crippen LogP contribution >= 0.6 is 0 Å². The van der Waals surface area contributed by atoms with Crippen molar-refractivity contribution in [1.82, 2.24) is 9.71 Å². The highest BCUT2D eigenvalue weighted by molar-refractivity contribution is 7.89. The van der Waals surface area contributed by atoms with Crippen molar-refractivity contribution in [2.45, 2.75) is 43.5 Å². The predicted molar refractivity (Wildman–Crippen MR) is 72.7 cm³/mol. The summed E-state index contributed by atoms with van der Waals surface area (Å²) in [6.45, 7) is 1.79. The van der Waals surface area contributed by atoms with E-state index in [9.17, 15) is 13.2 Å². The standard InChI is InChI=1S/C13H18N2O4S/c1-9-2-7-12(8-14-9)20(18,19)15-11-5-3-10(4-6-11)13(16)17/h2,7-8,10-11,15H,3-6H2,1H3,(H,16,17). The molecule has 110 valence electrons. The number of aromatic nitrogens is 1. The second-order valence-corrected chi connectivity index (χ2v) is 6.86. The number of nitrogens with one attached hydrogen (secondary N) is 1. The third-order valence-electron chi connectivity index (χ3n) is 3.59. The van der Waals surface area contributed by atoms with E-state index in [0.29, 0.717) is 25.7 Å². The molecule has 1 aromatic rings. The molecule has 0 aromatic carbocycles. The molecule has 0 aliphatic heterocycles. The fourth-order valence-electron chi connectivity index (χ4n) is 2.36. The Morgan fingerprint density at radius 1 is 1.30 bits per heavy atom. The van der Waals surface area contributed by atoms with Gasteiger partial charge < -0.3 is 5.11 Å². The van der Waals surface area contributed by atoms with E-state index in [1.807, 2.05) is 0 Å². The SMILES string of the molecule is Cc1ccc(S(=O)(=O)NC2CCC(C(=O)O)CC2)cn1. The molecule has 1 saturated carbocycles. The lowest BCUT2D eigenvalue weighted by molar-refractivity contribution is -0.142. The molecule has 2 N–H and O–H groups in total. The van der Waals surface area contributed by atoms with E-state index in [4.69, 9.17) is 5.11 Å². The number of hydrogen-bond donors (Lipinski definition) is 2. The summed E-state index contributed by atoms with van der Waals surface area (Å²) in [5.74, 6) is -1.15. The molecule has 0 amide bonds. The van der Waals surface area contributed by atoms with Gasteiger partial charge in [-0.3, -0.25) is 9.78 Å². The van der Waals surface area contributed by atoms with Gasteiger partial charge in [0.05, 0.1) is 5.92 Å². The molecular weight excluding hydrogens is 280 g/mol. The number of carbonyl (C=O) groups is 1. The smallest absolute Gasteiger partial charge is 0.306 e. The average molecular weight is 298 g/mol. The van der Waals surface area contributed by atoms with E-state index in [0.717, 1.165) is 5.69 Å². The zero-order valence-electron chi connectivity index (χ0n) is 11.2. The highest BCUT2D eigenvalue weighted by Gasteiger charge is 2.28. The lowest BCUT2D eigenvalue weighted by atomic mass is 9.87. The summed E-state index contributed by atoms with van der Waals surface area (Å²) >= 11 is 0. The van der Waals surface area contributed by atoms with Crippen LogP contribution in [0.3, 0.4) is 0 Å². The molecule has 1 fully saturated rings. The summed E-state index contributed by atoms with van der Waals surface area (Å²) in [5.41, 5.74) is 0.755. The van der Waals surface area contributed by atoms with Crippen LogP contribution in [0.15, 0.2) is 23.2 Å². The van der Waals surface area contributed by atoms with E-state index in [1.54, 1.807) is 13.0 Å². The largest absolute Gasteiger partial charge is 0.481 e. The molecule has 1 aliphatic rings. The molecule has 1 heterocycles. The van der Waals surface area contributed by atoms with Gasteiger partial charge in [-0.05, 0) is 44.7 Å². The number of rotatable bonds is 4. The minimum atomic E-state index is -3.57. The van der Waals surface area contributed by atoms with Gasteiger partial charge >= 0.3 is 5.97 Å². The molecule has 0 unspecified atom stereocenters. The Labute approximate surface area is 118 Å². The van der Waals surface area contributed by atoms with Crippen LogP contribution in [0.4, 0.5) is 0 Å². The van der Waals surface area contributed by atoms with Gasteiger partial charge in [0, 0.05) is 17.9 Å². The number of nitrogens with zero attached hydrogens (tertiary/aromatic N) is 1. The third kappa shape index (κ3) is 3.55. The van der Waals surface area contributed by atoms with E-state index in [-0.39, 0.29) is 16.9 Å². The molecule has 20 heavy (non-hydrogen) atoms. The molecular formula is C13H18N2O4S. The highest BCUT2D eigenvalue weighted by Crippen LogP contribution is 2.25. The molecule has 7 heteroatoms. The molecule has 0 spiro atoms. The van der Waals surface area contributed by atoms with E-state index < -0.39 is 16.0 Å². The number of aliphatic carboxylic acids is 1. The Kier molecular flexibility index (Phi) is 4.39. The van der Waals surface area contributed by atoms with Crippen LogP contribution in [0.5, 0.6) is 0 Å². The van der Waals surface area contributed by atoms with Crippen LogP contribution in [0.2, 0.25) is 0 Å². The summed E-state index contributed by atoms with van der Waals surface area (Å²) in [6.07, 6.45) is 3.45. The summed E-state index contributed by atoms with van der Waals surface area (Å²) in [6, 6.07) is 2.97. The monoisotopic (exact) mass is 298 g/mol. The fraction of sp³-hybridized carbons (Fsp3) is 0.538. The third-order valence-corrected chi connectivity index (χ3v) is 5.10. The van der Waals surface area contributed by atoms with Crippen molar-refractivity contribution < 1.29 is 18.3 Å². The van der Waals surface area contributed by atoms with Crippen molar-refractivity contribution in [3.8, 4) is 0 Å². The Bertz CT molecular complexity index is 575. The van der Waals surface area contributed by atoms with Crippen LogP contribution < -0.4 is 4.72 Å². The highest BCUT2D eigenvalue weighted by atomic mass is 32.2. The van der Waals surface area contributed by atoms with Crippen LogP contribution in [0.25, 0.3) is 0 Å². The quantitative estimate of drug-likeness (QED) is 0.873. The maximum Gasteiger partial charge on any atom is 0.306 e. The first kappa shape index (κ1) is 14.9. The molecule has 2 rings (SSSR count). The Hall–Kier alpha value is -1.47. The summed E-state index contributed by atoms with van der Waals surface area (Å²) < 4.78 is 26.9. The van der Waals surface area contributed by atoms with Gasteiger partial charge in [-0.15, -0.1) is 0 Å². The van der Waals surface area contributed by atoms with Gasteiger partial charge in [0.15, 0.2) is 0 Å². The van der Waals surface area contributed by atoms with Crippen LogP contribution in [0, 0.1) is 12.8 Å². The first-order chi connectivity index (χ1) is 9.38. The van der Waals surface area contributed by atoms with Crippen molar-refractivity contribution in [3.05, 3.63) is 24.0 Å². The number of carboxylic acids is 1. The molecule has 0 saturated heterocycles. The van der Waals surface area contributed by atoms with Crippen molar-refractivity contribution >= 4 is 16.0 Å². The Morgan fingerprint density at radius 2 is 1.95 bits per heavy atom. The summed E-state index contributed by atoms with van der Waals surface area (Å²) in [4.78, 5) is 15.0. The topological polar surface area (TPSA) is 96.4 Å². The van der Waals surface area contributed by atoms with Gasteiger partial charge in [0.2, 0.25) is 10.0 Å². The lowest BCUT2D eigenvalue weighted by Gasteiger charge is -2.26. The number of sulfonamides is 1. The van der Waals surface area contributed by atoms with Crippen molar-refractivity contribution in [1.29, 1.82) is 0 Å². The molecule has 1 aromatic heterocycles.